The molecule has 0 unspecified atom stereocenters. The first-order chi connectivity index (χ1) is 12.6. The van der Waals surface area contributed by atoms with Crippen molar-refractivity contribution in [2.24, 2.45) is 0 Å². The summed E-state index contributed by atoms with van der Waals surface area (Å²) in [5, 5.41) is 6.44. The van der Waals surface area contributed by atoms with E-state index in [4.69, 9.17) is 17.0 Å². The van der Waals surface area contributed by atoms with Crippen molar-refractivity contribution >= 4 is 39.2 Å². The molecule has 0 saturated heterocycles. The van der Waals surface area contributed by atoms with Gasteiger partial charge in [0.1, 0.15) is 5.75 Å². The van der Waals surface area contributed by atoms with Gasteiger partial charge in [0.2, 0.25) is 0 Å². The topological polar surface area (TPSA) is 50.4 Å². The fraction of sp³-hybridized carbons (Fsp3) is 0.600. The molecule has 1 aliphatic rings. The van der Waals surface area contributed by atoms with Crippen LogP contribution in [0.15, 0.2) is 22.7 Å². The Balaban J connectivity index is 1.80. The van der Waals surface area contributed by atoms with Crippen LogP contribution in [0, 0.1) is 0 Å². The molecule has 1 aromatic carbocycles. The Labute approximate surface area is 170 Å². The quantitative estimate of drug-likeness (QED) is 0.422. The summed E-state index contributed by atoms with van der Waals surface area (Å²) in [6, 6.07) is 5.76. The second kappa shape index (κ2) is 11.5. The Hall–Kier alpha value is -1.14. The highest BCUT2D eigenvalue weighted by Crippen LogP contribution is 2.26. The zero-order chi connectivity index (χ0) is 18.8. The van der Waals surface area contributed by atoms with Crippen LogP contribution in [0.2, 0.25) is 0 Å². The number of hydrogen-bond donors (Lipinski definition) is 2. The largest absolute Gasteiger partial charge is 0.492 e. The van der Waals surface area contributed by atoms with Crippen LogP contribution in [0.3, 0.4) is 0 Å². The third-order valence-corrected chi connectivity index (χ3v) is 5.46. The smallest absolute Gasteiger partial charge is 0.257 e. The SMILES string of the molecule is CCCCCCOc1ccc(C(=O)NC(=S)NC2CCCCC2)cc1Br. The number of ether oxygens (including phenoxy) is 1. The fourth-order valence-electron chi connectivity index (χ4n) is 3.11. The lowest BCUT2D eigenvalue weighted by Gasteiger charge is -2.24. The standard InChI is InChI=1S/C20H29BrN2O2S/c1-2-3-4-8-13-25-18-12-11-15(14-17(18)21)19(24)23-20(26)22-16-9-6-5-7-10-16/h11-12,14,16H,2-10,13H2,1H3,(H2,22,23,24,26). The molecule has 1 aromatic rings. The second-order valence-corrected chi connectivity index (χ2v) is 8.08. The molecule has 0 heterocycles. The molecule has 26 heavy (non-hydrogen) atoms. The zero-order valence-electron chi connectivity index (χ0n) is 15.5. The van der Waals surface area contributed by atoms with E-state index in [1.165, 1.54) is 38.5 Å². The van der Waals surface area contributed by atoms with Crippen LogP contribution in [0.1, 0.15) is 75.1 Å². The summed E-state index contributed by atoms with van der Waals surface area (Å²) in [6.07, 6.45) is 10.6. The molecule has 1 amide bonds. The fourth-order valence-corrected chi connectivity index (χ4v) is 3.87. The minimum absolute atomic E-state index is 0.200. The highest BCUT2D eigenvalue weighted by atomic mass is 79.9. The average molecular weight is 441 g/mol. The molecule has 0 atom stereocenters. The predicted octanol–water partition coefficient (Wildman–Crippen LogP) is 5.35. The summed E-state index contributed by atoms with van der Waals surface area (Å²) in [4.78, 5) is 12.4. The minimum atomic E-state index is -0.200. The first kappa shape index (κ1) is 21.2. The number of hydrogen-bond acceptors (Lipinski definition) is 3. The highest BCUT2D eigenvalue weighted by molar-refractivity contribution is 9.10. The maximum Gasteiger partial charge on any atom is 0.257 e. The molecule has 6 heteroatoms. The third kappa shape index (κ3) is 7.23. The van der Waals surface area contributed by atoms with Gasteiger partial charge in [-0.1, -0.05) is 45.4 Å². The van der Waals surface area contributed by atoms with E-state index >= 15 is 0 Å². The van der Waals surface area contributed by atoms with Crippen molar-refractivity contribution in [2.75, 3.05) is 6.61 Å². The molecule has 0 aliphatic heterocycles. The molecular formula is C20H29BrN2O2S. The number of carbonyl (C=O) groups excluding carboxylic acids is 1. The summed E-state index contributed by atoms with van der Waals surface area (Å²) in [7, 11) is 0. The van der Waals surface area contributed by atoms with E-state index in [2.05, 4.69) is 33.5 Å². The molecule has 2 N–H and O–H groups in total. The predicted molar refractivity (Wildman–Crippen MR) is 114 cm³/mol. The van der Waals surface area contributed by atoms with Gasteiger partial charge >= 0.3 is 0 Å². The maximum absolute atomic E-state index is 12.4. The number of carbonyl (C=O) groups is 1. The molecule has 1 fully saturated rings. The van der Waals surface area contributed by atoms with Crippen LogP contribution in [-0.2, 0) is 0 Å². The number of nitrogens with one attached hydrogen (secondary N) is 2. The molecule has 0 bridgehead atoms. The van der Waals surface area contributed by atoms with Crippen LogP contribution in [0.25, 0.3) is 0 Å². The van der Waals surface area contributed by atoms with Crippen LogP contribution >= 0.6 is 28.1 Å². The lowest BCUT2D eigenvalue weighted by molar-refractivity contribution is 0.0976. The van der Waals surface area contributed by atoms with Crippen molar-refractivity contribution in [3.8, 4) is 5.75 Å². The summed E-state index contributed by atoms with van der Waals surface area (Å²) in [5.74, 6) is 0.564. The lowest BCUT2D eigenvalue weighted by Crippen LogP contribution is -2.45. The number of thiocarbonyl (C=S) groups is 1. The van der Waals surface area contributed by atoms with Gasteiger partial charge in [0, 0.05) is 11.6 Å². The molecule has 0 radical (unpaired) electrons. The van der Waals surface area contributed by atoms with Gasteiger partial charge in [0.15, 0.2) is 5.11 Å². The molecule has 1 saturated carbocycles. The Morgan fingerprint density at radius 1 is 1.23 bits per heavy atom. The van der Waals surface area contributed by atoms with Crippen LogP contribution < -0.4 is 15.4 Å². The van der Waals surface area contributed by atoms with Crippen LogP contribution in [0.4, 0.5) is 0 Å². The Bertz CT molecular complexity index is 603. The van der Waals surface area contributed by atoms with E-state index in [9.17, 15) is 4.79 Å². The maximum atomic E-state index is 12.4. The highest BCUT2D eigenvalue weighted by Gasteiger charge is 2.16. The van der Waals surface area contributed by atoms with Crippen LogP contribution in [0.5, 0.6) is 5.75 Å². The molecule has 0 spiro atoms. The van der Waals surface area contributed by atoms with Crippen molar-refractivity contribution in [3.05, 3.63) is 28.2 Å². The van der Waals surface area contributed by atoms with Gasteiger partial charge in [-0.3, -0.25) is 10.1 Å². The van der Waals surface area contributed by atoms with Gasteiger partial charge in [-0.2, -0.15) is 0 Å². The summed E-state index contributed by atoms with van der Waals surface area (Å²) >= 11 is 8.77. The van der Waals surface area contributed by atoms with E-state index in [1.807, 2.05) is 6.07 Å². The summed E-state index contributed by atoms with van der Waals surface area (Å²) in [5.41, 5.74) is 0.558. The van der Waals surface area contributed by atoms with Gasteiger partial charge in [0.25, 0.3) is 5.91 Å². The van der Waals surface area contributed by atoms with Gasteiger partial charge < -0.3 is 10.1 Å². The number of amides is 1. The Kier molecular flexibility index (Phi) is 9.40. The van der Waals surface area contributed by atoms with E-state index in [1.54, 1.807) is 12.1 Å². The van der Waals surface area contributed by atoms with E-state index < -0.39 is 0 Å². The monoisotopic (exact) mass is 440 g/mol. The Morgan fingerprint density at radius 3 is 2.69 bits per heavy atom. The molecular weight excluding hydrogens is 412 g/mol. The van der Waals surface area contributed by atoms with Gasteiger partial charge in [0.05, 0.1) is 11.1 Å². The summed E-state index contributed by atoms with van der Waals surface area (Å²) in [6.45, 7) is 2.89. The normalized spacial score (nSPS) is 14.7. The second-order valence-electron chi connectivity index (χ2n) is 6.82. The van der Waals surface area contributed by atoms with Gasteiger partial charge in [-0.05, 0) is 65.6 Å². The van der Waals surface area contributed by atoms with E-state index in [-0.39, 0.29) is 5.91 Å². The van der Waals surface area contributed by atoms with Crippen molar-refractivity contribution in [1.82, 2.24) is 10.6 Å². The molecule has 1 aliphatic carbocycles. The van der Waals surface area contributed by atoms with E-state index in [0.29, 0.717) is 23.3 Å². The zero-order valence-corrected chi connectivity index (χ0v) is 17.9. The molecule has 4 nitrogen and oxygen atoms in total. The number of unbranched alkanes of at least 4 members (excludes halogenated alkanes) is 3. The first-order valence-electron chi connectivity index (χ1n) is 9.64. The Morgan fingerprint density at radius 2 is 2.00 bits per heavy atom. The number of halogens is 1. The van der Waals surface area contributed by atoms with Crippen molar-refractivity contribution < 1.29 is 9.53 Å². The third-order valence-electron chi connectivity index (χ3n) is 4.62. The minimum Gasteiger partial charge on any atom is -0.492 e. The van der Waals surface area contributed by atoms with Crippen molar-refractivity contribution in [3.63, 3.8) is 0 Å². The van der Waals surface area contributed by atoms with Crippen molar-refractivity contribution in [2.45, 2.75) is 70.8 Å². The first-order valence-corrected chi connectivity index (χ1v) is 10.8. The van der Waals surface area contributed by atoms with Gasteiger partial charge in [-0.15, -0.1) is 0 Å². The van der Waals surface area contributed by atoms with Crippen LogP contribution in [-0.4, -0.2) is 23.7 Å². The number of benzene rings is 1. The summed E-state index contributed by atoms with van der Waals surface area (Å²) < 4.78 is 6.57. The average Bonchev–Trinajstić information content (AvgIpc) is 2.63. The van der Waals surface area contributed by atoms with E-state index in [0.717, 1.165) is 29.5 Å². The molecule has 0 aromatic heterocycles. The van der Waals surface area contributed by atoms with Gasteiger partial charge in [-0.25, -0.2) is 0 Å². The number of rotatable bonds is 8. The lowest BCUT2D eigenvalue weighted by atomic mass is 9.96. The molecule has 144 valence electrons. The van der Waals surface area contributed by atoms with Crippen molar-refractivity contribution in [1.29, 1.82) is 0 Å². The molecule has 2 rings (SSSR count).